The van der Waals surface area contributed by atoms with Crippen molar-refractivity contribution < 1.29 is 24.2 Å². The number of carbonyl (C=O) groups excluding carboxylic acids is 2. The third-order valence-corrected chi connectivity index (χ3v) is 3.96. The van der Waals surface area contributed by atoms with Gasteiger partial charge >= 0.3 is 0 Å². The van der Waals surface area contributed by atoms with E-state index in [4.69, 9.17) is 9.47 Å². The van der Waals surface area contributed by atoms with Gasteiger partial charge < -0.3 is 24.8 Å². The van der Waals surface area contributed by atoms with Gasteiger partial charge in [0.05, 0.1) is 33.3 Å². The fraction of sp³-hybridized carbons (Fsp3) is 0.529. The third kappa shape index (κ3) is 4.94. The minimum atomic E-state index is -1.38. The quantitative estimate of drug-likeness (QED) is 0.808. The molecule has 0 radical (unpaired) electrons. The fourth-order valence-corrected chi connectivity index (χ4v) is 2.70. The van der Waals surface area contributed by atoms with Gasteiger partial charge in [0.25, 0.3) is 0 Å². The molecule has 0 bridgehead atoms. The Bertz CT molecular complexity index is 592. The largest absolute Gasteiger partial charge is 0.496 e. The molecule has 2 rings (SSSR count). The smallest absolute Gasteiger partial charge is 0.223 e. The van der Waals surface area contributed by atoms with E-state index >= 15 is 0 Å². The van der Waals surface area contributed by atoms with E-state index in [0.29, 0.717) is 25.4 Å². The molecule has 0 spiro atoms. The van der Waals surface area contributed by atoms with Crippen LogP contribution in [0.3, 0.4) is 0 Å². The van der Waals surface area contributed by atoms with Crippen LogP contribution in [0.15, 0.2) is 24.3 Å². The molecule has 1 aliphatic heterocycles. The molecule has 2 amide bonds. The maximum Gasteiger partial charge on any atom is 0.223 e. The van der Waals surface area contributed by atoms with Crippen LogP contribution in [0.1, 0.15) is 18.9 Å². The highest BCUT2D eigenvalue weighted by Gasteiger charge is 2.35. The van der Waals surface area contributed by atoms with Gasteiger partial charge in [-0.15, -0.1) is 0 Å². The fourth-order valence-electron chi connectivity index (χ4n) is 2.70. The van der Waals surface area contributed by atoms with Crippen molar-refractivity contribution in [3.63, 3.8) is 0 Å². The Morgan fingerprint density at radius 3 is 2.88 bits per heavy atom. The Kier molecular flexibility index (Phi) is 6.16. The van der Waals surface area contributed by atoms with Crippen molar-refractivity contribution in [2.75, 3.05) is 33.4 Å². The number of nitrogens with one attached hydrogen (secondary N) is 1. The number of hydrogen-bond acceptors (Lipinski definition) is 5. The van der Waals surface area contributed by atoms with Crippen molar-refractivity contribution in [2.24, 2.45) is 0 Å². The summed E-state index contributed by atoms with van der Waals surface area (Å²) < 4.78 is 10.6. The van der Waals surface area contributed by atoms with Gasteiger partial charge in [-0.25, -0.2) is 0 Å². The summed E-state index contributed by atoms with van der Waals surface area (Å²) in [6.45, 7) is 2.62. The molecular formula is C17H24N2O5. The van der Waals surface area contributed by atoms with E-state index in [9.17, 15) is 14.7 Å². The first-order valence-electron chi connectivity index (χ1n) is 7.88. The van der Waals surface area contributed by atoms with Crippen LogP contribution in [0.25, 0.3) is 0 Å². The van der Waals surface area contributed by atoms with E-state index in [0.717, 1.165) is 5.56 Å². The zero-order valence-corrected chi connectivity index (χ0v) is 14.1. The molecule has 0 aromatic heterocycles. The first-order valence-corrected chi connectivity index (χ1v) is 7.88. The number of rotatable bonds is 5. The molecule has 1 aromatic rings. The second-order valence-corrected chi connectivity index (χ2v) is 5.98. The molecule has 132 valence electrons. The first kappa shape index (κ1) is 18.2. The van der Waals surface area contributed by atoms with Crippen LogP contribution < -0.4 is 10.1 Å². The van der Waals surface area contributed by atoms with Crippen LogP contribution >= 0.6 is 0 Å². The topological polar surface area (TPSA) is 88.1 Å². The summed E-state index contributed by atoms with van der Waals surface area (Å²) in [5.74, 6) is 0.239. The lowest BCUT2D eigenvalue weighted by molar-refractivity contribution is -0.136. The minimum absolute atomic E-state index is 0.0266. The summed E-state index contributed by atoms with van der Waals surface area (Å²) in [5.41, 5.74) is -0.532. The highest BCUT2D eigenvalue weighted by atomic mass is 16.5. The number of methoxy groups -OCH3 is 1. The highest BCUT2D eigenvalue weighted by molar-refractivity contribution is 5.77. The van der Waals surface area contributed by atoms with Crippen LogP contribution in [-0.4, -0.2) is 60.8 Å². The molecule has 24 heavy (non-hydrogen) atoms. The molecule has 1 aliphatic rings. The Labute approximate surface area is 141 Å². The third-order valence-electron chi connectivity index (χ3n) is 3.96. The number of nitrogens with zero attached hydrogens (tertiary/aromatic N) is 1. The van der Waals surface area contributed by atoms with Crippen LogP contribution in [0.4, 0.5) is 0 Å². The Hall–Kier alpha value is -2.12. The number of benzene rings is 1. The summed E-state index contributed by atoms with van der Waals surface area (Å²) >= 11 is 0. The molecule has 7 nitrogen and oxygen atoms in total. The van der Waals surface area contributed by atoms with Gasteiger partial charge in [0.1, 0.15) is 11.4 Å². The molecular weight excluding hydrogens is 312 g/mol. The van der Waals surface area contributed by atoms with Gasteiger partial charge in [0, 0.05) is 25.6 Å². The van der Waals surface area contributed by atoms with Crippen molar-refractivity contribution >= 4 is 11.8 Å². The number of para-hydroxylation sites is 1. The van der Waals surface area contributed by atoms with E-state index in [-0.39, 0.29) is 31.4 Å². The summed E-state index contributed by atoms with van der Waals surface area (Å²) in [4.78, 5) is 25.3. The van der Waals surface area contributed by atoms with E-state index in [1.54, 1.807) is 7.11 Å². The number of amides is 2. The summed E-state index contributed by atoms with van der Waals surface area (Å²) in [5, 5.41) is 13.4. The molecule has 0 saturated carbocycles. The average Bonchev–Trinajstić information content (AvgIpc) is 2.75. The number of β-amino-alcohol motifs (C(OH)–C–C–N with tert-alkyl or cyclic N) is 1. The predicted octanol–water partition coefficient (Wildman–Crippen LogP) is 0.311. The van der Waals surface area contributed by atoms with Gasteiger partial charge in [-0.1, -0.05) is 18.2 Å². The lowest BCUT2D eigenvalue weighted by Gasteiger charge is -2.29. The Balaban J connectivity index is 1.94. The first-order chi connectivity index (χ1) is 11.4. The number of carbonyl (C=O) groups is 2. The highest BCUT2D eigenvalue weighted by Crippen LogP contribution is 2.19. The number of ether oxygens (including phenoxy) is 2. The second kappa shape index (κ2) is 8.12. The summed E-state index contributed by atoms with van der Waals surface area (Å²) in [6.07, 6.45) is -0.133. The van der Waals surface area contributed by atoms with Gasteiger partial charge in [-0.2, -0.15) is 0 Å². The number of hydrogen-bond donors (Lipinski definition) is 2. The maximum atomic E-state index is 12.2. The van der Waals surface area contributed by atoms with E-state index in [2.05, 4.69) is 5.32 Å². The zero-order chi connectivity index (χ0) is 17.6. The molecule has 1 heterocycles. The summed E-state index contributed by atoms with van der Waals surface area (Å²) in [7, 11) is 1.57. The zero-order valence-electron chi connectivity index (χ0n) is 14.1. The van der Waals surface area contributed by atoms with E-state index < -0.39 is 5.60 Å². The number of aliphatic hydroxyl groups is 1. The molecule has 1 atom stereocenters. The van der Waals surface area contributed by atoms with Gasteiger partial charge in [-0.3, -0.25) is 9.59 Å². The van der Waals surface area contributed by atoms with Crippen molar-refractivity contribution in [1.29, 1.82) is 0 Å². The molecule has 0 aliphatic carbocycles. The van der Waals surface area contributed by atoms with Crippen LogP contribution in [-0.2, 0) is 20.9 Å². The van der Waals surface area contributed by atoms with Gasteiger partial charge in [0.2, 0.25) is 11.8 Å². The Morgan fingerprint density at radius 2 is 2.17 bits per heavy atom. The van der Waals surface area contributed by atoms with E-state index in [1.165, 1.54) is 11.8 Å². The van der Waals surface area contributed by atoms with Crippen LogP contribution in [0.2, 0.25) is 0 Å². The normalized spacial score (nSPS) is 21.0. The SMILES string of the molecule is COc1ccccc1CNC(=O)C[C@]1(O)COCCN(C(C)=O)C1. The van der Waals surface area contributed by atoms with Crippen molar-refractivity contribution in [1.82, 2.24) is 10.2 Å². The lowest BCUT2D eigenvalue weighted by atomic mass is 9.99. The second-order valence-electron chi connectivity index (χ2n) is 5.98. The lowest BCUT2D eigenvalue weighted by Crippen LogP contribution is -2.48. The molecule has 2 N–H and O–H groups in total. The molecule has 1 aromatic carbocycles. The van der Waals surface area contributed by atoms with Crippen LogP contribution in [0.5, 0.6) is 5.75 Å². The van der Waals surface area contributed by atoms with Crippen LogP contribution in [0, 0.1) is 0 Å². The molecule has 0 unspecified atom stereocenters. The minimum Gasteiger partial charge on any atom is -0.496 e. The monoisotopic (exact) mass is 336 g/mol. The maximum absolute atomic E-state index is 12.2. The van der Waals surface area contributed by atoms with Crippen molar-refractivity contribution in [2.45, 2.75) is 25.5 Å². The predicted molar refractivity (Wildman–Crippen MR) is 87.5 cm³/mol. The molecule has 7 heteroatoms. The molecule has 1 saturated heterocycles. The standard InChI is InChI=1S/C17H24N2O5/c1-13(20)19-7-8-24-12-17(22,11-19)9-16(21)18-10-14-5-3-4-6-15(14)23-2/h3-6,22H,7-12H2,1-2H3,(H,18,21)/t17-/m1/s1. The van der Waals surface area contributed by atoms with Crippen molar-refractivity contribution in [3.8, 4) is 5.75 Å². The summed E-state index contributed by atoms with van der Waals surface area (Å²) in [6, 6.07) is 7.40. The Morgan fingerprint density at radius 1 is 1.42 bits per heavy atom. The average molecular weight is 336 g/mol. The van der Waals surface area contributed by atoms with Gasteiger partial charge in [0.15, 0.2) is 0 Å². The molecule has 1 fully saturated rings. The van der Waals surface area contributed by atoms with E-state index in [1.807, 2.05) is 24.3 Å². The van der Waals surface area contributed by atoms with Gasteiger partial charge in [-0.05, 0) is 6.07 Å². The van der Waals surface area contributed by atoms with Crippen molar-refractivity contribution in [3.05, 3.63) is 29.8 Å².